The average Bonchev–Trinajstić information content (AvgIpc) is 2.61. The van der Waals surface area contributed by atoms with Gasteiger partial charge in [0.25, 0.3) is 5.91 Å². The highest BCUT2D eigenvalue weighted by molar-refractivity contribution is 6.37. The second-order valence-corrected chi connectivity index (χ2v) is 6.03. The molecule has 0 bridgehead atoms. The summed E-state index contributed by atoms with van der Waals surface area (Å²) in [7, 11) is 0. The van der Waals surface area contributed by atoms with Crippen molar-refractivity contribution < 1.29 is 19.1 Å². The lowest BCUT2D eigenvalue weighted by Gasteiger charge is -2.18. The lowest BCUT2D eigenvalue weighted by Crippen LogP contribution is -2.35. The molecule has 2 N–H and O–H groups in total. The average molecular weight is 345 g/mol. The van der Waals surface area contributed by atoms with Crippen LogP contribution in [0.3, 0.4) is 0 Å². The summed E-state index contributed by atoms with van der Waals surface area (Å²) in [6.45, 7) is 5.67. The van der Waals surface area contributed by atoms with E-state index in [1.165, 1.54) is 6.92 Å². The molecule has 0 aromatic heterocycles. The molecule has 1 aliphatic heterocycles. The van der Waals surface area contributed by atoms with E-state index in [1.54, 1.807) is 0 Å². The van der Waals surface area contributed by atoms with Gasteiger partial charge < -0.3 is 10.1 Å². The van der Waals surface area contributed by atoms with Gasteiger partial charge in [0.15, 0.2) is 6.10 Å². The number of hydrazone groups is 1. The van der Waals surface area contributed by atoms with Crippen molar-refractivity contribution in [2.45, 2.75) is 52.1 Å². The van der Waals surface area contributed by atoms with Crippen LogP contribution in [-0.2, 0) is 19.1 Å². The van der Waals surface area contributed by atoms with Crippen molar-refractivity contribution in [3.05, 3.63) is 29.8 Å². The summed E-state index contributed by atoms with van der Waals surface area (Å²) in [6.07, 6.45) is 0.355. The minimum absolute atomic E-state index is 0.110. The van der Waals surface area contributed by atoms with E-state index in [-0.39, 0.29) is 24.5 Å². The number of carbonyl (C=O) groups is 3. The number of rotatable bonds is 6. The maximum atomic E-state index is 12.3. The van der Waals surface area contributed by atoms with E-state index >= 15 is 0 Å². The highest BCUT2D eigenvalue weighted by atomic mass is 16.5. The van der Waals surface area contributed by atoms with E-state index < -0.39 is 18.0 Å². The first-order valence-corrected chi connectivity index (χ1v) is 8.38. The highest BCUT2D eigenvalue weighted by Crippen LogP contribution is 2.26. The molecule has 1 aromatic carbocycles. The first kappa shape index (κ1) is 18.6. The standard InChI is InChI=1S/C18H23N3O4/c1-4-11(2)13-7-5-6-8-14(13)19-17(23)12(3)25-18(24)15-9-10-16(22)21-20-15/h5-8,11-12H,4,9-10H2,1-3H3,(H,19,23)(H,21,22)/t11-,12+/m0/s1. The fourth-order valence-corrected chi connectivity index (χ4v) is 2.40. The van der Waals surface area contributed by atoms with Crippen LogP contribution in [0.4, 0.5) is 5.69 Å². The predicted octanol–water partition coefficient (Wildman–Crippen LogP) is 2.34. The molecule has 1 heterocycles. The van der Waals surface area contributed by atoms with Gasteiger partial charge in [0.1, 0.15) is 5.71 Å². The maximum absolute atomic E-state index is 12.3. The van der Waals surface area contributed by atoms with Crippen molar-refractivity contribution in [1.82, 2.24) is 5.43 Å². The van der Waals surface area contributed by atoms with Crippen molar-refractivity contribution in [3.63, 3.8) is 0 Å². The number of anilines is 1. The zero-order chi connectivity index (χ0) is 18.4. The van der Waals surface area contributed by atoms with Gasteiger partial charge in [0.05, 0.1) is 0 Å². The van der Waals surface area contributed by atoms with Crippen LogP contribution in [0.5, 0.6) is 0 Å². The van der Waals surface area contributed by atoms with Crippen LogP contribution in [0.1, 0.15) is 51.5 Å². The van der Waals surface area contributed by atoms with E-state index in [1.807, 2.05) is 24.3 Å². The topological polar surface area (TPSA) is 96.9 Å². The quantitative estimate of drug-likeness (QED) is 0.773. The largest absolute Gasteiger partial charge is 0.448 e. The third kappa shape index (κ3) is 4.89. The Kier molecular flexibility index (Phi) is 6.27. The van der Waals surface area contributed by atoms with Crippen molar-refractivity contribution in [3.8, 4) is 0 Å². The smallest absolute Gasteiger partial charge is 0.355 e. The van der Waals surface area contributed by atoms with Gasteiger partial charge in [-0.2, -0.15) is 5.10 Å². The monoisotopic (exact) mass is 345 g/mol. The van der Waals surface area contributed by atoms with Crippen LogP contribution in [0.15, 0.2) is 29.4 Å². The predicted molar refractivity (Wildman–Crippen MR) is 94.1 cm³/mol. The Balaban J connectivity index is 1.99. The van der Waals surface area contributed by atoms with Crippen LogP contribution in [0.2, 0.25) is 0 Å². The lowest BCUT2D eigenvalue weighted by molar-refractivity contribution is -0.146. The van der Waals surface area contributed by atoms with E-state index in [2.05, 4.69) is 29.7 Å². The van der Waals surface area contributed by atoms with Crippen LogP contribution in [-0.4, -0.2) is 29.6 Å². The van der Waals surface area contributed by atoms with Crippen molar-refractivity contribution in [2.24, 2.45) is 5.10 Å². The van der Waals surface area contributed by atoms with Crippen LogP contribution >= 0.6 is 0 Å². The number of hydrogen-bond donors (Lipinski definition) is 2. The first-order chi connectivity index (χ1) is 11.9. The number of esters is 1. The van der Waals surface area contributed by atoms with Crippen LogP contribution in [0.25, 0.3) is 0 Å². The molecule has 25 heavy (non-hydrogen) atoms. The molecule has 0 fully saturated rings. The molecule has 0 aliphatic carbocycles. The van der Waals surface area contributed by atoms with Crippen LogP contribution in [0, 0.1) is 0 Å². The minimum Gasteiger partial charge on any atom is -0.448 e. The summed E-state index contributed by atoms with van der Waals surface area (Å²) in [5.41, 5.74) is 4.09. The number of para-hydroxylation sites is 1. The minimum atomic E-state index is -0.974. The summed E-state index contributed by atoms with van der Waals surface area (Å²) in [5, 5.41) is 6.48. The van der Waals surface area contributed by atoms with Gasteiger partial charge in [-0.25, -0.2) is 10.2 Å². The maximum Gasteiger partial charge on any atom is 0.355 e. The number of hydrogen-bond acceptors (Lipinski definition) is 5. The molecule has 7 heteroatoms. The molecule has 1 aliphatic rings. The summed E-state index contributed by atoms with van der Waals surface area (Å²) in [5.74, 6) is -1.05. The molecule has 0 spiro atoms. The molecule has 2 atom stereocenters. The molecule has 2 amide bonds. The van der Waals surface area contributed by atoms with Crippen LogP contribution < -0.4 is 10.7 Å². The molecule has 134 valence electrons. The molecule has 0 saturated carbocycles. The molecule has 0 unspecified atom stereocenters. The van der Waals surface area contributed by atoms with Gasteiger partial charge in [-0.3, -0.25) is 9.59 Å². The molecular weight excluding hydrogens is 322 g/mol. The summed E-state index contributed by atoms with van der Waals surface area (Å²) in [4.78, 5) is 35.4. The highest BCUT2D eigenvalue weighted by Gasteiger charge is 2.25. The molecule has 0 radical (unpaired) electrons. The Hall–Kier alpha value is -2.70. The fourth-order valence-electron chi connectivity index (χ4n) is 2.40. The number of nitrogens with zero attached hydrogens (tertiary/aromatic N) is 1. The molecule has 7 nitrogen and oxygen atoms in total. The number of ether oxygens (including phenoxy) is 1. The summed E-state index contributed by atoms with van der Waals surface area (Å²) >= 11 is 0. The lowest BCUT2D eigenvalue weighted by atomic mass is 9.97. The number of nitrogens with one attached hydrogen (secondary N) is 2. The fraction of sp³-hybridized carbons (Fsp3) is 0.444. The van der Waals surface area contributed by atoms with Crippen molar-refractivity contribution in [2.75, 3.05) is 5.32 Å². The third-order valence-electron chi connectivity index (χ3n) is 4.16. The molecule has 2 rings (SSSR count). The van der Waals surface area contributed by atoms with E-state index in [9.17, 15) is 14.4 Å². The van der Waals surface area contributed by atoms with E-state index in [0.717, 1.165) is 12.0 Å². The third-order valence-corrected chi connectivity index (χ3v) is 4.16. The second kappa shape index (κ2) is 8.41. The van der Waals surface area contributed by atoms with Crippen molar-refractivity contribution >= 4 is 29.2 Å². The Bertz CT molecular complexity index is 699. The van der Waals surface area contributed by atoms with Gasteiger partial charge in [-0.1, -0.05) is 32.0 Å². The number of benzene rings is 1. The normalized spacial score (nSPS) is 16.3. The molecule has 1 aromatic rings. The van der Waals surface area contributed by atoms with E-state index in [0.29, 0.717) is 11.6 Å². The first-order valence-electron chi connectivity index (χ1n) is 8.38. The Morgan fingerprint density at radius 2 is 2.00 bits per heavy atom. The second-order valence-electron chi connectivity index (χ2n) is 6.03. The zero-order valence-electron chi connectivity index (χ0n) is 14.7. The van der Waals surface area contributed by atoms with Gasteiger partial charge in [0.2, 0.25) is 5.91 Å². The Morgan fingerprint density at radius 1 is 1.28 bits per heavy atom. The Labute approximate surface area is 146 Å². The Morgan fingerprint density at radius 3 is 2.64 bits per heavy atom. The van der Waals surface area contributed by atoms with Gasteiger partial charge in [0, 0.05) is 18.5 Å². The summed E-state index contributed by atoms with van der Waals surface area (Å²) < 4.78 is 5.15. The van der Waals surface area contributed by atoms with E-state index in [4.69, 9.17) is 4.74 Å². The zero-order valence-corrected chi connectivity index (χ0v) is 14.7. The van der Waals surface area contributed by atoms with Gasteiger partial charge in [-0.05, 0) is 30.9 Å². The summed E-state index contributed by atoms with van der Waals surface area (Å²) in [6, 6.07) is 7.57. The SMILES string of the molecule is CC[C@H](C)c1ccccc1NC(=O)[C@@H](C)OC(=O)C1=NNC(=O)CC1. The molecular formula is C18H23N3O4. The van der Waals surface area contributed by atoms with Gasteiger partial charge >= 0.3 is 5.97 Å². The number of carbonyl (C=O) groups excluding carboxylic acids is 3. The van der Waals surface area contributed by atoms with Crippen molar-refractivity contribution in [1.29, 1.82) is 0 Å². The van der Waals surface area contributed by atoms with Gasteiger partial charge in [-0.15, -0.1) is 0 Å². The molecule has 0 saturated heterocycles. The number of amides is 2.